The summed E-state index contributed by atoms with van der Waals surface area (Å²) in [5, 5.41) is 8.66. The third kappa shape index (κ3) is 6.09. The Morgan fingerprint density at radius 1 is 1.32 bits per heavy atom. The molecule has 0 heterocycles. The van der Waals surface area contributed by atoms with Gasteiger partial charge in [-0.05, 0) is 30.4 Å². The van der Waals surface area contributed by atoms with E-state index in [1.54, 1.807) is 6.08 Å². The summed E-state index contributed by atoms with van der Waals surface area (Å²) >= 11 is 0. The van der Waals surface area contributed by atoms with Gasteiger partial charge in [-0.1, -0.05) is 39.0 Å². The second kappa shape index (κ2) is 7.62. The molecule has 0 aliphatic heterocycles. The Morgan fingerprint density at radius 3 is 2.63 bits per heavy atom. The van der Waals surface area contributed by atoms with Crippen LogP contribution in [-0.2, 0) is 4.79 Å². The highest BCUT2D eigenvalue weighted by molar-refractivity contribution is 5.85. The van der Waals surface area contributed by atoms with Gasteiger partial charge in [-0.2, -0.15) is 0 Å². The molecule has 0 aromatic heterocycles. The zero-order valence-electron chi connectivity index (χ0n) is 11.8. The van der Waals surface area contributed by atoms with Crippen LogP contribution in [0.15, 0.2) is 30.3 Å². The van der Waals surface area contributed by atoms with Crippen molar-refractivity contribution in [1.82, 2.24) is 0 Å². The molecule has 0 saturated heterocycles. The standard InChI is InChI=1S/C16H22O3/c1-12(2)10-13(3)11-19-15-7-5-4-6-14(15)8-9-16(17)18/h4-9,12-13H,10-11H2,1-3H3,(H,17,18)/b9-8+. The number of carboxylic acids is 1. The molecule has 0 spiro atoms. The molecule has 19 heavy (non-hydrogen) atoms. The van der Waals surface area contributed by atoms with Gasteiger partial charge in [-0.25, -0.2) is 4.79 Å². The number of hydrogen-bond acceptors (Lipinski definition) is 2. The van der Waals surface area contributed by atoms with E-state index in [2.05, 4.69) is 20.8 Å². The molecular formula is C16H22O3. The van der Waals surface area contributed by atoms with E-state index in [9.17, 15) is 4.79 Å². The normalized spacial score (nSPS) is 12.8. The highest BCUT2D eigenvalue weighted by Gasteiger charge is 2.07. The van der Waals surface area contributed by atoms with Crippen molar-refractivity contribution < 1.29 is 14.6 Å². The Bertz CT molecular complexity index is 435. The minimum Gasteiger partial charge on any atom is -0.493 e. The van der Waals surface area contributed by atoms with E-state index in [0.717, 1.165) is 23.8 Å². The minimum absolute atomic E-state index is 0.483. The van der Waals surface area contributed by atoms with E-state index in [0.29, 0.717) is 18.4 Å². The number of benzene rings is 1. The molecule has 0 aliphatic rings. The van der Waals surface area contributed by atoms with Gasteiger partial charge in [0.15, 0.2) is 0 Å². The largest absolute Gasteiger partial charge is 0.493 e. The molecule has 0 bridgehead atoms. The van der Waals surface area contributed by atoms with Gasteiger partial charge >= 0.3 is 5.97 Å². The van der Waals surface area contributed by atoms with E-state index in [4.69, 9.17) is 9.84 Å². The molecule has 104 valence electrons. The Hall–Kier alpha value is -1.77. The summed E-state index contributed by atoms with van der Waals surface area (Å²) in [5.41, 5.74) is 0.793. The number of carboxylic acid groups (broad SMARTS) is 1. The Balaban J connectivity index is 2.65. The van der Waals surface area contributed by atoms with Gasteiger partial charge in [0.1, 0.15) is 5.75 Å². The van der Waals surface area contributed by atoms with Crippen LogP contribution in [0.3, 0.4) is 0 Å². The fourth-order valence-corrected chi connectivity index (χ4v) is 2.02. The van der Waals surface area contributed by atoms with Gasteiger partial charge in [-0.3, -0.25) is 0 Å². The summed E-state index contributed by atoms with van der Waals surface area (Å²) in [5.74, 6) is 0.913. The van der Waals surface area contributed by atoms with Gasteiger partial charge in [0.2, 0.25) is 0 Å². The molecule has 1 aromatic carbocycles. The SMILES string of the molecule is CC(C)CC(C)COc1ccccc1/C=C/C(=O)O. The van der Waals surface area contributed by atoms with Gasteiger partial charge < -0.3 is 9.84 Å². The molecule has 0 fully saturated rings. The first-order valence-corrected chi connectivity index (χ1v) is 6.62. The quantitative estimate of drug-likeness (QED) is 0.759. The first-order valence-electron chi connectivity index (χ1n) is 6.62. The molecular weight excluding hydrogens is 240 g/mol. The molecule has 1 unspecified atom stereocenters. The zero-order valence-corrected chi connectivity index (χ0v) is 11.8. The Morgan fingerprint density at radius 2 is 2.00 bits per heavy atom. The molecule has 1 aromatic rings. The fraction of sp³-hybridized carbons (Fsp3) is 0.438. The lowest BCUT2D eigenvalue weighted by atomic mass is 10.00. The van der Waals surface area contributed by atoms with Crippen molar-refractivity contribution in [3.05, 3.63) is 35.9 Å². The first kappa shape index (κ1) is 15.3. The summed E-state index contributed by atoms with van der Waals surface area (Å²) in [7, 11) is 0. The Labute approximate surface area is 114 Å². The molecule has 0 saturated carbocycles. The summed E-state index contributed by atoms with van der Waals surface area (Å²) in [6, 6.07) is 7.47. The molecule has 3 nitrogen and oxygen atoms in total. The third-order valence-electron chi connectivity index (χ3n) is 2.72. The highest BCUT2D eigenvalue weighted by atomic mass is 16.5. The van der Waals surface area contributed by atoms with Crippen LogP contribution in [-0.4, -0.2) is 17.7 Å². The number of hydrogen-bond donors (Lipinski definition) is 1. The van der Waals surface area contributed by atoms with Gasteiger partial charge in [0, 0.05) is 11.6 Å². The first-order chi connectivity index (χ1) is 8.99. The average Bonchev–Trinajstić information content (AvgIpc) is 2.34. The van der Waals surface area contributed by atoms with Gasteiger partial charge in [-0.15, -0.1) is 0 Å². The van der Waals surface area contributed by atoms with Gasteiger partial charge in [0.25, 0.3) is 0 Å². The molecule has 0 aliphatic carbocycles. The lowest BCUT2D eigenvalue weighted by Crippen LogP contribution is -2.11. The van der Waals surface area contributed by atoms with Crippen LogP contribution < -0.4 is 4.74 Å². The minimum atomic E-state index is -0.956. The van der Waals surface area contributed by atoms with Crippen molar-refractivity contribution in [3.63, 3.8) is 0 Å². The van der Waals surface area contributed by atoms with Crippen molar-refractivity contribution in [1.29, 1.82) is 0 Å². The van der Waals surface area contributed by atoms with Crippen molar-refractivity contribution in [3.8, 4) is 5.75 Å². The second-order valence-corrected chi connectivity index (χ2v) is 5.26. The number of rotatable bonds is 7. The zero-order chi connectivity index (χ0) is 14.3. The summed E-state index contributed by atoms with van der Waals surface area (Å²) in [6.07, 6.45) is 3.80. The van der Waals surface area contributed by atoms with Crippen LogP contribution >= 0.6 is 0 Å². The molecule has 0 radical (unpaired) electrons. The van der Waals surface area contributed by atoms with Crippen molar-refractivity contribution >= 4 is 12.0 Å². The van der Waals surface area contributed by atoms with Crippen LogP contribution in [0.5, 0.6) is 5.75 Å². The smallest absolute Gasteiger partial charge is 0.328 e. The monoisotopic (exact) mass is 262 g/mol. The molecule has 1 rings (SSSR count). The summed E-state index contributed by atoms with van der Waals surface area (Å²) in [4.78, 5) is 10.5. The van der Waals surface area contributed by atoms with Crippen molar-refractivity contribution in [2.75, 3.05) is 6.61 Å². The van der Waals surface area contributed by atoms with E-state index >= 15 is 0 Å². The molecule has 1 N–H and O–H groups in total. The predicted octanol–water partition coefficient (Wildman–Crippen LogP) is 3.85. The summed E-state index contributed by atoms with van der Waals surface area (Å²) < 4.78 is 5.79. The van der Waals surface area contributed by atoms with Crippen molar-refractivity contribution in [2.24, 2.45) is 11.8 Å². The van der Waals surface area contributed by atoms with Crippen LogP contribution in [0.2, 0.25) is 0 Å². The van der Waals surface area contributed by atoms with Crippen molar-refractivity contribution in [2.45, 2.75) is 27.2 Å². The predicted molar refractivity (Wildman–Crippen MR) is 77.2 cm³/mol. The maximum absolute atomic E-state index is 10.5. The number of ether oxygens (including phenoxy) is 1. The van der Waals surface area contributed by atoms with E-state index in [-0.39, 0.29) is 0 Å². The lowest BCUT2D eigenvalue weighted by molar-refractivity contribution is -0.131. The van der Waals surface area contributed by atoms with E-state index in [1.807, 2.05) is 24.3 Å². The van der Waals surface area contributed by atoms with Gasteiger partial charge in [0.05, 0.1) is 6.61 Å². The maximum atomic E-state index is 10.5. The van der Waals surface area contributed by atoms with Crippen LogP contribution in [0, 0.1) is 11.8 Å². The highest BCUT2D eigenvalue weighted by Crippen LogP contribution is 2.21. The topological polar surface area (TPSA) is 46.5 Å². The second-order valence-electron chi connectivity index (χ2n) is 5.26. The Kier molecular flexibility index (Phi) is 6.13. The molecule has 3 heteroatoms. The molecule has 0 amide bonds. The maximum Gasteiger partial charge on any atom is 0.328 e. The van der Waals surface area contributed by atoms with Crippen LogP contribution in [0.1, 0.15) is 32.8 Å². The number of aliphatic carboxylic acids is 1. The number of para-hydroxylation sites is 1. The van der Waals surface area contributed by atoms with E-state index < -0.39 is 5.97 Å². The summed E-state index contributed by atoms with van der Waals surface area (Å²) in [6.45, 7) is 7.20. The van der Waals surface area contributed by atoms with E-state index in [1.165, 1.54) is 0 Å². The third-order valence-corrected chi connectivity index (χ3v) is 2.72. The van der Waals surface area contributed by atoms with Crippen LogP contribution in [0.25, 0.3) is 6.08 Å². The average molecular weight is 262 g/mol. The lowest BCUT2D eigenvalue weighted by Gasteiger charge is -2.16. The number of carbonyl (C=O) groups is 1. The molecule has 1 atom stereocenters. The van der Waals surface area contributed by atoms with Crippen LogP contribution in [0.4, 0.5) is 0 Å². The fourth-order valence-electron chi connectivity index (χ4n) is 2.02.